The van der Waals surface area contributed by atoms with Crippen LogP contribution >= 0.6 is 11.3 Å². The molecule has 0 fully saturated rings. The molecule has 0 atom stereocenters. The fourth-order valence-electron chi connectivity index (χ4n) is 0.921. The van der Waals surface area contributed by atoms with Gasteiger partial charge >= 0.3 is 0 Å². The first kappa shape index (κ1) is 10.5. The summed E-state index contributed by atoms with van der Waals surface area (Å²) in [5.41, 5.74) is 16.8. The number of hydrogen-bond acceptors (Lipinski definition) is 2. The highest BCUT2D eigenvalue weighted by atomic mass is 32.1. The Kier molecular flexibility index (Phi) is 3.47. The summed E-state index contributed by atoms with van der Waals surface area (Å²) in [6, 6.07) is 2.05. The van der Waals surface area contributed by atoms with E-state index in [4.69, 9.17) is 17.2 Å². The third kappa shape index (κ3) is 3.44. The van der Waals surface area contributed by atoms with Crippen LogP contribution in [-0.4, -0.2) is 11.9 Å². The maximum absolute atomic E-state index is 5.44. The molecule has 14 heavy (non-hydrogen) atoms. The Morgan fingerprint density at radius 2 is 2.14 bits per heavy atom. The van der Waals surface area contributed by atoms with Gasteiger partial charge in [-0.15, -0.1) is 11.3 Å². The summed E-state index contributed by atoms with van der Waals surface area (Å²) in [4.78, 5) is 8.85. The highest BCUT2D eigenvalue weighted by Crippen LogP contribution is 2.13. The highest BCUT2D eigenvalue weighted by Gasteiger charge is 1.95. The molecule has 0 saturated heterocycles. The molecule has 5 nitrogen and oxygen atoms in total. The molecule has 0 bridgehead atoms. The van der Waals surface area contributed by atoms with Crippen LogP contribution in [0.5, 0.6) is 0 Å². The van der Waals surface area contributed by atoms with Crippen LogP contribution in [-0.2, 0) is 6.54 Å². The maximum Gasteiger partial charge on any atom is 0.218 e. The van der Waals surface area contributed by atoms with E-state index in [1.54, 1.807) is 11.3 Å². The zero-order valence-corrected chi connectivity index (χ0v) is 8.71. The van der Waals surface area contributed by atoms with Crippen molar-refractivity contribution in [2.75, 3.05) is 0 Å². The first-order valence-electron chi connectivity index (χ1n) is 4.01. The van der Waals surface area contributed by atoms with E-state index in [2.05, 4.69) is 16.1 Å². The van der Waals surface area contributed by atoms with E-state index in [9.17, 15) is 0 Å². The monoisotopic (exact) mass is 211 g/mol. The molecule has 0 radical (unpaired) electrons. The van der Waals surface area contributed by atoms with Gasteiger partial charge < -0.3 is 17.2 Å². The molecule has 1 aromatic rings. The molecule has 0 aliphatic carbocycles. The summed E-state index contributed by atoms with van der Waals surface area (Å²) in [5, 5.41) is 2.03. The van der Waals surface area contributed by atoms with E-state index >= 15 is 0 Å². The van der Waals surface area contributed by atoms with Gasteiger partial charge in [0.15, 0.2) is 5.96 Å². The summed E-state index contributed by atoms with van der Waals surface area (Å²) in [5.74, 6) is 0.0293. The van der Waals surface area contributed by atoms with E-state index in [1.165, 1.54) is 4.88 Å². The summed E-state index contributed by atoms with van der Waals surface area (Å²) in [6.07, 6.45) is 0. The predicted molar refractivity (Wildman–Crippen MR) is 60.2 cm³/mol. The first-order valence-corrected chi connectivity index (χ1v) is 4.89. The average molecular weight is 211 g/mol. The molecule has 0 amide bonds. The van der Waals surface area contributed by atoms with Crippen LogP contribution < -0.4 is 17.2 Å². The van der Waals surface area contributed by atoms with Crippen molar-refractivity contribution in [2.24, 2.45) is 27.2 Å². The van der Waals surface area contributed by atoms with Crippen LogP contribution in [0.2, 0.25) is 0 Å². The standard InChI is InChI=1S/C8H13N5S/c1-5-2-6(4-14-5)3-12-8(11)13-7(9)10/h2,4H,3H2,1H3,(H6,9,10,11,12,13). The number of nitrogens with zero attached hydrogens (tertiary/aromatic N) is 2. The molecule has 1 rings (SSSR count). The molecule has 6 heteroatoms. The number of thiophene rings is 1. The van der Waals surface area contributed by atoms with Crippen molar-refractivity contribution in [3.63, 3.8) is 0 Å². The van der Waals surface area contributed by atoms with Crippen molar-refractivity contribution in [1.29, 1.82) is 0 Å². The third-order valence-electron chi connectivity index (χ3n) is 1.45. The lowest BCUT2D eigenvalue weighted by molar-refractivity contribution is 1.06. The largest absolute Gasteiger partial charge is 0.370 e. The molecule has 1 heterocycles. The Bertz CT molecular complexity index is 362. The number of nitrogens with two attached hydrogens (primary N) is 3. The second-order valence-electron chi connectivity index (χ2n) is 2.78. The SMILES string of the molecule is Cc1cc(CN=C(N)N=C(N)N)cs1. The Labute approximate surface area is 86.3 Å². The molecule has 0 saturated carbocycles. The van der Waals surface area contributed by atoms with Crippen LogP contribution in [0.25, 0.3) is 0 Å². The molecule has 0 aromatic carbocycles. The van der Waals surface area contributed by atoms with Crippen molar-refractivity contribution < 1.29 is 0 Å². The summed E-state index contributed by atoms with van der Waals surface area (Å²) >= 11 is 1.67. The van der Waals surface area contributed by atoms with Gasteiger partial charge in [0.1, 0.15) is 0 Å². The quantitative estimate of drug-likeness (QED) is 0.479. The van der Waals surface area contributed by atoms with Crippen LogP contribution in [0.4, 0.5) is 0 Å². The fraction of sp³-hybridized carbons (Fsp3) is 0.250. The lowest BCUT2D eigenvalue weighted by Gasteiger charge is -1.93. The molecule has 6 N–H and O–H groups in total. The predicted octanol–water partition coefficient (Wildman–Crippen LogP) is 0.145. The van der Waals surface area contributed by atoms with E-state index in [0.29, 0.717) is 6.54 Å². The molecule has 76 valence electrons. The topological polar surface area (TPSA) is 103 Å². The lowest BCUT2D eigenvalue weighted by Crippen LogP contribution is -2.26. The van der Waals surface area contributed by atoms with Gasteiger partial charge in [-0.25, -0.2) is 4.99 Å². The minimum absolute atomic E-state index is 0.0762. The summed E-state index contributed by atoms with van der Waals surface area (Å²) < 4.78 is 0. The minimum Gasteiger partial charge on any atom is -0.370 e. The van der Waals surface area contributed by atoms with E-state index < -0.39 is 0 Å². The normalized spacial score (nSPS) is 11.4. The van der Waals surface area contributed by atoms with Gasteiger partial charge in [0.05, 0.1) is 6.54 Å². The fourth-order valence-corrected chi connectivity index (χ4v) is 1.62. The van der Waals surface area contributed by atoms with Gasteiger partial charge in [-0.3, -0.25) is 0 Å². The van der Waals surface area contributed by atoms with Crippen molar-refractivity contribution in [3.05, 3.63) is 21.9 Å². The second kappa shape index (κ2) is 4.61. The molecule has 0 aliphatic heterocycles. The van der Waals surface area contributed by atoms with Gasteiger partial charge in [0.25, 0.3) is 0 Å². The molecule has 0 spiro atoms. The van der Waals surface area contributed by atoms with E-state index in [0.717, 1.165) is 5.56 Å². The van der Waals surface area contributed by atoms with Gasteiger partial charge in [-0.05, 0) is 23.9 Å². The molecule has 0 aliphatic rings. The van der Waals surface area contributed by atoms with Gasteiger partial charge in [-0.2, -0.15) is 4.99 Å². The zero-order chi connectivity index (χ0) is 10.6. The van der Waals surface area contributed by atoms with Gasteiger partial charge in [0.2, 0.25) is 5.96 Å². The smallest absolute Gasteiger partial charge is 0.218 e. The minimum atomic E-state index is -0.0762. The molecular formula is C8H13N5S. The summed E-state index contributed by atoms with van der Waals surface area (Å²) in [7, 11) is 0. The Morgan fingerprint density at radius 3 is 2.64 bits per heavy atom. The van der Waals surface area contributed by atoms with Crippen LogP contribution in [0.15, 0.2) is 21.4 Å². The van der Waals surface area contributed by atoms with Crippen LogP contribution in [0, 0.1) is 6.92 Å². The van der Waals surface area contributed by atoms with Gasteiger partial charge in [-0.1, -0.05) is 0 Å². The number of aryl methyl sites for hydroxylation is 1. The van der Waals surface area contributed by atoms with E-state index in [-0.39, 0.29) is 11.9 Å². The Morgan fingerprint density at radius 1 is 1.43 bits per heavy atom. The third-order valence-corrected chi connectivity index (χ3v) is 2.36. The highest BCUT2D eigenvalue weighted by molar-refractivity contribution is 7.10. The number of guanidine groups is 2. The molecule has 0 unspecified atom stereocenters. The van der Waals surface area contributed by atoms with Crippen molar-refractivity contribution >= 4 is 23.3 Å². The first-order chi connectivity index (χ1) is 6.58. The van der Waals surface area contributed by atoms with Crippen molar-refractivity contribution in [1.82, 2.24) is 0 Å². The number of rotatable bonds is 2. The average Bonchev–Trinajstić information content (AvgIpc) is 2.47. The summed E-state index contributed by atoms with van der Waals surface area (Å²) in [6.45, 7) is 2.55. The van der Waals surface area contributed by atoms with Crippen molar-refractivity contribution in [2.45, 2.75) is 13.5 Å². The van der Waals surface area contributed by atoms with Crippen LogP contribution in [0.1, 0.15) is 10.4 Å². The molecule has 1 aromatic heterocycles. The Hall–Kier alpha value is -1.56. The number of hydrogen-bond donors (Lipinski definition) is 3. The zero-order valence-electron chi connectivity index (χ0n) is 7.90. The Balaban J connectivity index is 2.59. The van der Waals surface area contributed by atoms with E-state index in [1.807, 2.05) is 12.3 Å². The maximum atomic E-state index is 5.44. The molecular weight excluding hydrogens is 198 g/mol. The lowest BCUT2D eigenvalue weighted by atomic mass is 10.3. The van der Waals surface area contributed by atoms with Crippen molar-refractivity contribution in [3.8, 4) is 0 Å². The van der Waals surface area contributed by atoms with Gasteiger partial charge in [0, 0.05) is 4.88 Å². The second-order valence-corrected chi connectivity index (χ2v) is 3.89. The number of aliphatic imine (C=N–C) groups is 2. The van der Waals surface area contributed by atoms with Crippen LogP contribution in [0.3, 0.4) is 0 Å².